The van der Waals surface area contributed by atoms with Crippen LogP contribution in [-0.2, 0) is 6.42 Å². The van der Waals surface area contributed by atoms with Gasteiger partial charge in [-0.2, -0.15) is 0 Å². The highest BCUT2D eigenvalue weighted by atomic mass is 14.2. The molecule has 0 nitrogen and oxygen atoms in total. The van der Waals surface area contributed by atoms with E-state index in [4.69, 9.17) is 0 Å². The van der Waals surface area contributed by atoms with Gasteiger partial charge in [-0.1, -0.05) is 43.4 Å². The summed E-state index contributed by atoms with van der Waals surface area (Å²) in [5.74, 6) is 0.695. The fraction of sp³-hybridized carbons (Fsp3) is 0.286. The van der Waals surface area contributed by atoms with E-state index in [1.807, 2.05) is 0 Å². The van der Waals surface area contributed by atoms with Gasteiger partial charge in [0.1, 0.15) is 0 Å². The largest absolute Gasteiger partial charge is 0.0795 e. The summed E-state index contributed by atoms with van der Waals surface area (Å²) < 4.78 is 0. The van der Waals surface area contributed by atoms with Crippen LogP contribution in [0.25, 0.3) is 5.57 Å². The molecule has 3 rings (SSSR count). The maximum atomic E-state index is 2.38. The molecule has 0 aliphatic heterocycles. The highest BCUT2D eigenvalue weighted by Gasteiger charge is 2.20. The Bertz CT molecular complexity index is 435. The predicted molar refractivity (Wildman–Crippen MR) is 60.3 cm³/mol. The number of rotatable bonds is 0. The maximum Gasteiger partial charge on any atom is -0.00879 e. The van der Waals surface area contributed by atoms with Crippen LogP contribution in [0.15, 0.2) is 36.4 Å². The summed E-state index contributed by atoms with van der Waals surface area (Å²) in [5, 5.41) is 0. The second-order valence-electron chi connectivity index (χ2n) is 4.28. The van der Waals surface area contributed by atoms with E-state index >= 15 is 0 Å². The van der Waals surface area contributed by atoms with Gasteiger partial charge in [0.15, 0.2) is 0 Å². The second-order valence-corrected chi connectivity index (χ2v) is 4.28. The van der Waals surface area contributed by atoms with E-state index in [9.17, 15) is 0 Å². The highest BCUT2D eigenvalue weighted by Crippen LogP contribution is 2.38. The molecule has 1 unspecified atom stereocenters. The molecule has 2 aliphatic carbocycles. The van der Waals surface area contributed by atoms with E-state index < -0.39 is 0 Å². The molecule has 70 valence electrons. The van der Waals surface area contributed by atoms with E-state index in [1.165, 1.54) is 23.1 Å². The molecule has 0 heterocycles. The van der Waals surface area contributed by atoms with Gasteiger partial charge in [0, 0.05) is 0 Å². The Labute approximate surface area is 85.0 Å². The molecule has 0 N–H and O–H groups in total. The van der Waals surface area contributed by atoms with Crippen LogP contribution >= 0.6 is 0 Å². The monoisotopic (exact) mass is 182 g/mol. The number of benzene rings is 1. The molecule has 1 atom stereocenters. The van der Waals surface area contributed by atoms with Gasteiger partial charge in [-0.05, 0) is 41.0 Å². The van der Waals surface area contributed by atoms with Gasteiger partial charge >= 0.3 is 0 Å². The first-order valence-corrected chi connectivity index (χ1v) is 5.35. The molecule has 14 heavy (non-hydrogen) atoms. The van der Waals surface area contributed by atoms with Crippen molar-refractivity contribution in [3.8, 4) is 0 Å². The summed E-state index contributed by atoms with van der Waals surface area (Å²) in [5.41, 5.74) is 6.01. The molecule has 0 saturated heterocycles. The van der Waals surface area contributed by atoms with Crippen molar-refractivity contribution in [2.45, 2.75) is 25.7 Å². The molecule has 0 radical (unpaired) electrons. The lowest BCUT2D eigenvalue weighted by molar-refractivity contribution is 0.765. The zero-order valence-corrected chi connectivity index (χ0v) is 8.46. The van der Waals surface area contributed by atoms with Crippen molar-refractivity contribution in [3.63, 3.8) is 0 Å². The van der Waals surface area contributed by atoms with Crippen LogP contribution in [0.4, 0.5) is 0 Å². The molecule has 1 aromatic carbocycles. The first-order valence-electron chi connectivity index (χ1n) is 5.35. The second kappa shape index (κ2) is 2.84. The highest BCUT2D eigenvalue weighted by molar-refractivity contribution is 5.81. The van der Waals surface area contributed by atoms with Crippen LogP contribution in [0.5, 0.6) is 0 Å². The SMILES string of the molecule is CC1CC=C2C=CCc3cccc1c32. The molecule has 0 aromatic heterocycles. The smallest absolute Gasteiger partial charge is 0.00879 e. The van der Waals surface area contributed by atoms with Crippen molar-refractivity contribution < 1.29 is 0 Å². The Balaban J connectivity index is 2.31. The third kappa shape index (κ3) is 1.00. The normalized spacial score (nSPS) is 22.9. The first-order chi connectivity index (χ1) is 6.86. The molecule has 2 aliphatic rings. The van der Waals surface area contributed by atoms with Gasteiger partial charge in [0.2, 0.25) is 0 Å². The summed E-state index contributed by atoms with van der Waals surface area (Å²) in [4.78, 5) is 0. The first kappa shape index (κ1) is 8.05. The molecular formula is C14H14. The Morgan fingerprint density at radius 2 is 2.21 bits per heavy atom. The van der Waals surface area contributed by atoms with Crippen LogP contribution in [0.2, 0.25) is 0 Å². The molecule has 0 saturated carbocycles. The van der Waals surface area contributed by atoms with Gasteiger partial charge in [0.25, 0.3) is 0 Å². The zero-order valence-electron chi connectivity index (χ0n) is 8.46. The fourth-order valence-corrected chi connectivity index (χ4v) is 2.55. The Kier molecular flexibility index (Phi) is 1.63. The Morgan fingerprint density at radius 3 is 3.14 bits per heavy atom. The van der Waals surface area contributed by atoms with Gasteiger partial charge in [0.05, 0.1) is 0 Å². The van der Waals surface area contributed by atoms with Crippen molar-refractivity contribution >= 4 is 5.57 Å². The third-order valence-corrected chi connectivity index (χ3v) is 3.33. The average molecular weight is 182 g/mol. The Morgan fingerprint density at radius 1 is 1.29 bits per heavy atom. The number of allylic oxidation sites excluding steroid dienone is 4. The van der Waals surface area contributed by atoms with E-state index in [0.717, 1.165) is 6.42 Å². The summed E-state index contributed by atoms with van der Waals surface area (Å²) in [6, 6.07) is 6.75. The maximum absolute atomic E-state index is 2.38. The van der Waals surface area contributed by atoms with E-state index in [-0.39, 0.29) is 0 Å². The lowest BCUT2D eigenvalue weighted by Crippen LogP contribution is -2.08. The van der Waals surface area contributed by atoms with Gasteiger partial charge in [-0.25, -0.2) is 0 Å². The minimum Gasteiger partial charge on any atom is -0.0795 e. The van der Waals surface area contributed by atoms with Crippen molar-refractivity contribution in [2.75, 3.05) is 0 Å². The zero-order chi connectivity index (χ0) is 9.54. The molecular weight excluding hydrogens is 168 g/mol. The quantitative estimate of drug-likeness (QED) is 0.574. The molecule has 0 fully saturated rings. The van der Waals surface area contributed by atoms with Crippen molar-refractivity contribution in [2.24, 2.45) is 0 Å². The Hall–Kier alpha value is -1.30. The topological polar surface area (TPSA) is 0 Å². The lowest BCUT2D eigenvalue weighted by Gasteiger charge is -2.26. The van der Waals surface area contributed by atoms with Crippen LogP contribution in [-0.4, -0.2) is 0 Å². The van der Waals surface area contributed by atoms with Crippen molar-refractivity contribution in [1.29, 1.82) is 0 Å². The fourth-order valence-electron chi connectivity index (χ4n) is 2.55. The predicted octanol–water partition coefficient (Wildman–Crippen LogP) is 3.69. The van der Waals surface area contributed by atoms with Gasteiger partial charge < -0.3 is 0 Å². The minimum atomic E-state index is 0.695. The molecule has 0 amide bonds. The van der Waals surface area contributed by atoms with Crippen LogP contribution in [0.3, 0.4) is 0 Å². The summed E-state index contributed by atoms with van der Waals surface area (Å²) in [6.07, 6.45) is 9.22. The van der Waals surface area contributed by atoms with Crippen LogP contribution in [0.1, 0.15) is 36.0 Å². The van der Waals surface area contributed by atoms with E-state index in [2.05, 4.69) is 43.4 Å². The minimum absolute atomic E-state index is 0.695. The molecule has 0 bridgehead atoms. The van der Waals surface area contributed by atoms with E-state index in [1.54, 1.807) is 5.56 Å². The molecule has 0 heteroatoms. The summed E-state index contributed by atoms with van der Waals surface area (Å²) in [6.45, 7) is 2.32. The molecule has 1 aromatic rings. The number of hydrogen-bond acceptors (Lipinski definition) is 0. The third-order valence-electron chi connectivity index (χ3n) is 3.33. The summed E-state index contributed by atoms with van der Waals surface area (Å²) in [7, 11) is 0. The van der Waals surface area contributed by atoms with E-state index in [0.29, 0.717) is 5.92 Å². The standard InChI is InChI=1S/C14H14/c1-10-8-9-12-5-2-4-11-6-3-7-13(10)14(11)12/h2-3,5-7,9-10H,4,8H2,1H3. The van der Waals surface area contributed by atoms with Gasteiger partial charge in [-0.15, -0.1) is 0 Å². The molecule has 0 spiro atoms. The average Bonchev–Trinajstić information content (AvgIpc) is 2.24. The van der Waals surface area contributed by atoms with Crippen molar-refractivity contribution in [3.05, 3.63) is 53.1 Å². The van der Waals surface area contributed by atoms with Crippen molar-refractivity contribution in [1.82, 2.24) is 0 Å². The van der Waals surface area contributed by atoms with Gasteiger partial charge in [-0.3, -0.25) is 0 Å². The summed E-state index contributed by atoms with van der Waals surface area (Å²) >= 11 is 0. The number of hydrogen-bond donors (Lipinski definition) is 0. The lowest BCUT2D eigenvalue weighted by atomic mass is 9.79. The van der Waals surface area contributed by atoms with Crippen LogP contribution in [0, 0.1) is 0 Å². The van der Waals surface area contributed by atoms with Crippen LogP contribution < -0.4 is 0 Å².